The van der Waals surface area contributed by atoms with Crippen LogP contribution in [0, 0.1) is 0 Å². The molecule has 0 aliphatic rings. The lowest BCUT2D eigenvalue weighted by Crippen LogP contribution is -2.26. The van der Waals surface area contributed by atoms with Gasteiger partial charge in [-0.05, 0) is 36.6 Å². The molecule has 1 unspecified atom stereocenters. The number of hydrogen-bond donors (Lipinski definition) is 1. The Kier molecular flexibility index (Phi) is 4.80. The molecule has 20 heavy (non-hydrogen) atoms. The standard InChI is InChI=1S/C17H18ClNO/c1-3-13-8-10-14(11-9-13)12(2)19-17(20)15-6-4-5-7-16(15)18/h4-12H,3H2,1-2H3,(H,19,20). The Morgan fingerprint density at radius 2 is 1.80 bits per heavy atom. The molecule has 2 aromatic carbocycles. The predicted molar refractivity (Wildman–Crippen MR) is 83.2 cm³/mol. The summed E-state index contributed by atoms with van der Waals surface area (Å²) < 4.78 is 0. The van der Waals surface area contributed by atoms with Crippen LogP contribution in [0.4, 0.5) is 0 Å². The zero-order valence-corrected chi connectivity index (χ0v) is 12.4. The van der Waals surface area contributed by atoms with E-state index >= 15 is 0 Å². The van der Waals surface area contributed by atoms with Gasteiger partial charge in [-0.1, -0.05) is 54.9 Å². The summed E-state index contributed by atoms with van der Waals surface area (Å²) in [5.41, 5.74) is 2.88. The summed E-state index contributed by atoms with van der Waals surface area (Å²) in [6.45, 7) is 4.09. The first kappa shape index (κ1) is 14.6. The van der Waals surface area contributed by atoms with Crippen molar-refractivity contribution >= 4 is 17.5 Å². The highest BCUT2D eigenvalue weighted by atomic mass is 35.5. The van der Waals surface area contributed by atoms with E-state index in [1.54, 1.807) is 12.1 Å². The van der Waals surface area contributed by atoms with Crippen molar-refractivity contribution in [2.75, 3.05) is 0 Å². The van der Waals surface area contributed by atoms with Gasteiger partial charge in [-0.3, -0.25) is 4.79 Å². The molecule has 1 amide bonds. The van der Waals surface area contributed by atoms with Crippen molar-refractivity contribution in [3.05, 3.63) is 70.2 Å². The van der Waals surface area contributed by atoms with Gasteiger partial charge in [0.25, 0.3) is 5.91 Å². The second kappa shape index (κ2) is 6.58. The Balaban J connectivity index is 2.09. The maximum absolute atomic E-state index is 12.2. The van der Waals surface area contributed by atoms with Crippen molar-refractivity contribution in [1.29, 1.82) is 0 Å². The van der Waals surface area contributed by atoms with Gasteiger partial charge in [0.1, 0.15) is 0 Å². The predicted octanol–water partition coefficient (Wildman–Crippen LogP) is 4.39. The van der Waals surface area contributed by atoms with Crippen molar-refractivity contribution in [2.45, 2.75) is 26.3 Å². The molecule has 0 saturated carbocycles. The summed E-state index contributed by atoms with van der Waals surface area (Å²) in [6, 6.07) is 15.3. The van der Waals surface area contributed by atoms with Crippen LogP contribution in [-0.4, -0.2) is 5.91 Å². The van der Waals surface area contributed by atoms with Crippen LogP contribution in [-0.2, 0) is 6.42 Å². The van der Waals surface area contributed by atoms with Crippen LogP contribution in [0.5, 0.6) is 0 Å². The third-order valence-corrected chi connectivity index (χ3v) is 3.68. The van der Waals surface area contributed by atoms with Gasteiger partial charge in [-0.25, -0.2) is 0 Å². The van der Waals surface area contributed by atoms with E-state index in [0.717, 1.165) is 12.0 Å². The molecule has 2 nitrogen and oxygen atoms in total. The van der Waals surface area contributed by atoms with E-state index in [1.807, 2.05) is 19.1 Å². The number of rotatable bonds is 4. The Morgan fingerprint density at radius 3 is 2.40 bits per heavy atom. The van der Waals surface area contributed by atoms with Gasteiger partial charge in [-0.2, -0.15) is 0 Å². The maximum Gasteiger partial charge on any atom is 0.253 e. The second-order valence-electron chi connectivity index (χ2n) is 4.77. The SMILES string of the molecule is CCc1ccc(C(C)NC(=O)c2ccccc2Cl)cc1. The minimum absolute atomic E-state index is 0.0512. The number of aryl methyl sites for hydroxylation is 1. The normalized spacial score (nSPS) is 11.9. The molecule has 104 valence electrons. The number of carbonyl (C=O) groups excluding carboxylic acids is 1. The summed E-state index contributed by atoms with van der Waals surface area (Å²) in [4.78, 5) is 12.2. The molecule has 0 aromatic heterocycles. The molecule has 1 atom stereocenters. The molecule has 0 aliphatic heterocycles. The van der Waals surface area contributed by atoms with Crippen LogP contribution < -0.4 is 5.32 Å². The molecule has 1 N–H and O–H groups in total. The van der Waals surface area contributed by atoms with Crippen LogP contribution in [0.3, 0.4) is 0 Å². The van der Waals surface area contributed by atoms with Crippen LogP contribution in [0.2, 0.25) is 5.02 Å². The summed E-state index contributed by atoms with van der Waals surface area (Å²) in [5, 5.41) is 3.44. The number of amides is 1. The third-order valence-electron chi connectivity index (χ3n) is 3.35. The number of halogens is 1. The summed E-state index contributed by atoms with van der Waals surface area (Å²) in [6.07, 6.45) is 1.01. The summed E-state index contributed by atoms with van der Waals surface area (Å²) in [5.74, 6) is -0.150. The fourth-order valence-corrected chi connectivity index (χ4v) is 2.27. The minimum Gasteiger partial charge on any atom is -0.345 e. The van der Waals surface area contributed by atoms with Crippen LogP contribution in [0.1, 0.15) is 41.4 Å². The van der Waals surface area contributed by atoms with E-state index in [0.29, 0.717) is 10.6 Å². The largest absolute Gasteiger partial charge is 0.345 e. The van der Waals surface area contributed by atoms with Crippen molar-refractivity contribution in [3.63, 3.8) is 0 Å². The van der Waals surface area contributed by atoms with Gasteiger partial charge in [0, 0.05) is 0 Å². The van der Waals surface area contributed by atoms with Crippen molar-refractivity contribution in [1.82, 2.24) is 5.32 Å². The Morgan fingerprint density at radius 1 is 1.15 bits per heavy atom. The number of benzene rings is 2. The quantitative estimate of drug-likeness (QED) is 0.887. The third kappa shape index (κ3) is 3.40. The van der Waals surface area contributed by atoms with Crippen LogP contribution >= 0.6 is 11.6 Å². The summed E-state index contributed by atoms with van der Waals surface area (Å²) in [7, 11) is 0. The molecule has 0 heterocycles. The smallest absolute Gasteiger partial charge is 0.253 e. The maximum atomic E-state index is 12.2. The van der Waals surface area contributed by atoms with Gasteiger partial charge in [0.15, 0.2) is 0 Å². The molecular formula is C17H18ClNO. The first-order valence-electron chi connectivity index (χ1n) is 6.76. The number of hydrogen-bond acceptors (Lipinski definition) is 1. The average Bonchev–Trinajstić information content (AvgIpc) is 2.47. The van der Waals surface area contributed by atoms with E-state index in [9.17, 15) is 4.79 Å². The highest BCUT2D eigenvalue weighted by Crippen LogP contribution is 2.18. The lowest BCUT2D eigenvalue weighted by molar-refractivity contribution is 0.0940. The molecule has 3 heteroatoms. The van der Waals surface area contributed by atoms with E-state index < -0.39 is 0 Å². The number of carbonyl (C=O) groups is 1. The zero-order valence-electron chi connectivity index (χ0n) is 11.7. The lowest BCUT2D eigenvalue weighted by Gasteiger charge is -2.15. The first-order valence-corrected chi connectivity index (χ1v) is 7.14. The topological polar surface area (TPSA) is 29.1 Å². The monoisotopic (exact) mass is 287 g/mol. The van der Waals surface area contributed by atoms with E-state index in [1.165, 1.54) is 5.56 Å². The first-order chi connectivity index (χ1) is 9.61. The van der Waals surface area contributed by atoms with Crippen LogP contribution in [0.15, 0.2) is 48.5 Å². The fourth-order valence-electron chi connectivity index (χ4n) is 2.05. The molecular weight excluding hydrogens is 270 g/mol. The van der Waals surface area contributed by atoms with Gasteiger partial charge < -0.3 is 5.32 Å². The molecule has 0 spiro atoms. The van der Waals surface area contributed by atoms with Gasteiger partial charge in [-0.15, -0.1) is 0 Å². The van der Waals surface area contributed by atoms with Crippen LogP contribution in [0.25, 0.3) is 0 Å². The van der Waals surface area contributed by atoms with Gasteiger partial charge in [0.2, 0.25) is 0 Å². The second-order valence-corrected chi connectivity index (χ2v) is 5.18. The molecule has 0 radical (unpaired) electrons. The highest BCUT2D eigenvalue weighted by Gasteiger charge is 2.13. The van der Waals surface area contributed by atoms with Crippen molar-refractivity contribution in [2.24, 2.45) is 0 Å². The van der Waals surface area contributed by atoms with E-state index in [-0.39, 0.29) is 11.9 Å². The summed E-state index contributed by atoms with van der Waals surface area (Å²) >= 11 is 6.03. The number of nitrogens with one attached hydrogen (secondary N) is 1. The minimum atomic E-state index is -0.150. The fraction of sp³-hybridized carbons (Fsp3) is 0.235. The highest BCUT2D eigenvalue weighted by molar-refractivity contribution is 6.33. The van der Waals surface area contributed by atoms with Gasteiger partial charge >= 0.3 is 0 Å². The average molecular weight is 288 g/mol. The van der Waals surface area contributed by atoms with E-state index in [4.69, 9.17) is 11.6 Å². The zero-order chi connectivity index (χ0) is 14.5. The molecule has 0 fully saturated rings. The molecule has 2 aromatic rings. The van der Waals surface area contributed by atoms with Crippen molar-refractivity contribution in [3.8, 4) is 0 Å². The Bertz CT molecular complexity index is 592. The molecule has 0 bridgehead atoms. The molecule has 0 saturated heterocycles. The Hall–Kier alpha value is -1.80. The Labute approximate surface area is 124 Å². The molecule has 0 aliphatic carbocycles. The molecule has 2 rings (SSSR count). The van der Waals surface area contributed by atoms with E-state index in [2.05, 4.69) is 36.5 Å². The lowest BCUT2D eigenvalue weighted by atomic mass is 10.0. The van der Waals surface area contributed by atoms with Gasteiger partial charge in [0.05, 0.1) is 16.6 Å². The van der Waals surface area contributed by atoms with Crippen molar-refractivity contribution < 1.29 is 4.79 Å².